The molecule has 4 rings (SSSR count). The summed E-state index contributed by atoms with van der Waals surface area (Å²) in [6, 6.07) is 4.33. The smallest absolute Gasteiger partial charge is 0.316 e. The molecule has 0 spiro atoms. The monoisotopic (exact) mass is 340 g/mol. The zero-order valence-electron chi connectivity index (χ0n) is 14.5. The molecule has 6 nitrogen and oxygen atoms in total. The van der Waals surface area contributed by atoms with Crippen molar-refractivity contribution in [3.8, 4) is 6.01 Å². The summed E-state index contributed by atoms with van der Waals surface area (Å²) in [5.41, 5.74) is 1.29. The van der Waals surface area contributed by atoms with Gasteiger partial charge in [0.2, 0.25) is 0 Å². The average molecular weight is 340 g/mol. The molecule has 0 radical (unpaired) electrons. The third-order valence-electron chi connectivity index (χ3n) is 5.70. The van der Waals surface area contributed by atoms with Gasteiger partial charge in [-0.3, -0.25) is 9.88 Å². The number of hydrogen-bond donors (Lipinski definition) is 1. The molecule has 25 heavy (non-hydrogen) atoms. The number of pyridine rings is 1. The molecule has 0 unspecified atom stereocenters. The van der Waals surface area contributed by atoms with Crippen LogP contribution in [0.4, 0.5) is 0 Å². The number of ether oxygens (including phenoxy) is 1. The number of rotatable bonds is 4. The normalized spacial score (nSPS) is 29.4. The fraction of sp³-hybridized carbons (Fsp3) is 0.526. The summed E-state index contributed by atoms with van der Waals surface area (Å²) >= 11 is 0. The molecule has 3 heterocycles. The van der Waals surface area contributed by atoms with Gasteiger partial charge >= 0.3 is 6.01 Å². The highest BCUT2D eigenvalue weighted by molar-refractivity contribution is 5.24. The van der Waals surface area contributed by atoms with Crippen LogP contribution in [0.5, 0.6) is 6.01 Å². The van der Waals surface area contributed by atoms with Crippen molar-refractivity contribution in [2.45, 2.75) is 31.4 Å². The highest BCUT2D eigenvalue weighted by atomic mass is 16.5. The Morgan fingerprint density at radius 1 is 1.20 bits per heavy atom. The fourth-order valence-electron chi connectivity index (χ4n) is 4.53. The summed E-state index contributed by atoms with van der Waals surface area (Å²) in [5, 5.41) is 11.6. The number of nitrogens with zero attached hydrogens (tertiary/aromatic N) is 4. The van der Waals surface area contributed by atoms with E-state index in [0.29, 0.717) is 6.01 Å². The van der Waals surface area contributed by atoms with E-state index in [0.717, 1.165) is 43.6 Å². The predicted octanol–water partition coefficient (Wildman–Crippen LogP) is 2.00. The zero-order valence-corrected chi connectivity index (χ0v) is 14.5. The van der Waals surface area contributed by atoms with Gasteiger partial charge in [0.1, 0.15) is 0 Å². The molecule has 2 bridgehead atoms. The summed E-state index contributed by atoms with van der Waals surface area (Å²) in [4.78, 5) is 15.0. The number of fused-ring (bicyclic) bond motifs is 2. The fourth-order valence-corrected chi connectivity index (χ4v) is 4.53. The Hall–Kier alpha value is -2.05. The Labute approximate surface area is 147 Å². The van der Waals surface area contributed by atoms with E-state index in [1.54, 1.807) is 13.3 Å². The van der Waals surface area contributed by atoms with E-state index in [1.165, 1.54) is 6.42 Å². The lowest BCUT2D eigenvalue weighted by molar-refractivity contribution is -0.148. The summed E-state index contributed by atoms with van der Waals surface area (Å²) in [6.07, 6.45) is 10.5. The van der Waals surface area contributed by atoms with Crippen molar-refractivity contribution in [2.24, 2.45) is 11.8 Å². The molecule has 6 heteroatoms. The maximum Gasteiger partial charge on any atom is 0.316 e. The molecule has 2 aromatic rings. The lowest BCUT2D eigenvalue weighted by Crippen LogP contribution is -2.57. The van der Waals surface area contributed by atoms with E-state index in [9.17, 15) is 5.11 Å². The van der Waals surface area contributed by atoms with Crippen molar-refractivity contribution in [3.63, 3.8) is 0 Å². The number of piperidine rings is 1. The van der Waals surface area contributed by atoms with Crippen LogP contribution >= 0.6 is 0 Å². The van der Waals surface area contributed by atoms with Crippen LogP contribution in [0.1, 0.15) is 30.4 Å². The first kappa shape index (κ1) is 16.4. The third kappa shape index (κ3) is 3.00. The first-order valence-corrected chi connectivity index (χ1v) is 8.90. The van der Waals surface area contributed by atoms with E-state index in [2.05, 4.69) is 19.9 Å². The zero-order chi connectivity index (χ0) is 17.3. The number of methoxy groups -OCH3 is 1. The maximum absolute atomic E-state index is 11.6. The Morgan fingerprint density at radius 2 is 1.92 bits per heavy atom. The van der Waals surface area contributed by atoms with Gasteiger partial charge in [-0.2, -0.15) is 0 Å². The first-order chi connectivity index (χ1) is 12.2. The molecule has 1 aliphatic carbocycles. The standard InChI is InChI=1S/C19H24N4O2/c1-25-18-21-8-14(9-22-18)11-23-12-16-4-2-5-17(13-23)19(16,24)15-6-3-7-20-10-15/h3,6-10,16-17,24H,2,4-5,11-13H2,1H3/t16-,17-/m1/s1. The van der Waals surface area contributed by atoms with E-state index in [1.807, 2.05) is 30.7 Å². The van der Waals surface area contributed by atoms with Crippen LogP contribution in [0.15, 0.2) is 36.9 Å². The predicted molar refractivity (Wildman–Crippen MR) is 92.8 cm³/mol. The minimum Gasteiger partial charge on any atom is -0.467 e. The summed E-state index contributed by atoms with van der Waals surface area (Å²) in [5.74, 6) is 0.478. The van der Waals surface area contributed by atoms with Crippen LogP contribution in [0.3, 0.4) is 0 Å². The Morgan fingerprint density at radius 3 is 2.52 bits per heavy atom. The van der Waals surface area contributed by atoms with Gasteiger partial charge in [0.25, 0.3) is 0 Å². The van der Waals surface area contributed by atoms with E-state index in [-0.39, 0.29) is 11.8 Å². The molecule has 2 aliphatic rings. The van der Waals surface area contributed by atoms with Gasteiger partial charge in [-0.25, -0.2) is 9.97 Å². The van der Waals surface area contributed by atoms with Crippen molar-refractivity contribution in [2.75, 3.05) is 20.2 Å². The number of aliphatic hydroxyl groups is 1. The summed E-state index contributed by atoms with van der Waals surface area (Å²) < 4.78 is 5.02. The van der Waals surface area contributed by atoms with Gasteiger partial charge in [0.05, 0.1) is 12.7 Å². The van der Waals surface area contributed by atoms with Crippen molar-refractivity contribution < 1.29 is 9.84 Å². The van der Waals surface area contributed by atoms with Crippen LogP contribution < -0.4 is 4.74 Å². The van der Waals surface area contributed by atoms with Crippen molar-refractivity contribution in [1.29, 1.82) is 0 Å². The molecule has 2 fully saturated rings. The lowest BCUT2D eigenvalue weighted by Gasteiger charge is -2.53. The second kappa shape index (κ2) is 6.69. The molecule has 2 atom stereocenters. The minimum atomic E-state index is -0.751. The number of likely N-dealkylation sites (tertiary alicyclic amines) is 1. The van der Waals surface area contributed by atoms with Crippen molar-refractivity contribution in [1.82, 2.24) is 19.9 Å². The molecule has 1 aliphatic heterocycles. The number of hydrogen-bond acceptors (Lipinski definition) is 6. The van der Waals surface area contributed by atoms with Gasteiger partial charge in [-0.05, 0) is 18.9 Å². The largest absolute Gasteiger partial charge is 0.467 e. The molecular weight excluding hydrogens is 316 g/mol. The highest BCUT2D eigenvalue weighted by Crippen LogP contribution is 2.49. The van der Waals surface area contributed by atoms with Crippen LogP contribution in [0.2, 0.25) is 0 Å². The molecule has 1 saturated carbocycles. The van der Waals surface area contributed by atoms with Gasteiger partial charge in [-0.15, -0.1) is 0 Å². The van der Waals surface area contributed by atoms with Crippen LogP contribution in [-0.2, 0) is 12.1 Å². The Balaban J connectivity index is 1.53. The lowest BCUT2D eigenvalue weighted by atomic mass is 9.63. The molecule has 1 saturated heterocycles. The second-order valence-electron chi connectivity index (χ2n) is 7.16. The first-order valence-electron chi connectivity index (χ1n) is 8.90. The molecule has 1 N–H and O–H groups in total. The Kier molecular flexibility index (Phi) is 4.39. The topological polar surface area (TPSA) is 71.4 Å². The SMILES string of the molecule is COc1ncc(CN2C[C@H]3CCC[C@H](C2)C3(O)c2cccnc2)cn1. The molecule has 132 valence electrons. The van der Waals surface area contributed by atoms with Crippen molar-refractivity contribution >= 4 is 0 Å². The highest BCUT2D eigenvalue weighted by Gasteiger charge is 2.51. The van der Waals surface area contributed by atoms with E-state index in [4.69, 9.17) is 4.74 Å². The summed E-state index contributed by atoms with van der Waals surface area (Å²) in [6.45, 7) is 2.57. The van der Waals surface area contributed by atoms with E-state index >= 15 is 0 Å². The summed E-state index contributed by atoms with van der Waals surface area (Å²) in [7, 11) is 1.57. The van der Waals surface area contributed by atoms with Crippen LogP contribution in [-0.4, -0.2) is 45.2 Å². The van der Waals surface area contributed by atoms with Crippen LogP contribution in [0.25, 0.3) is 0 Å². The maximum atomic E-state index is 11.6. The Bertz CT molecular complexity index is 693. The molecule has 0 aromatic carbocycles. The number of aromatic nitrogens is 3. The molecular formula is C19H24N4O2. The van der Waals surface area contributed by atoms with Gasteiger partial charge < -0.3 is 9.84 Å². The average Bonchev–Trinajstić information content (AvgIpc) is 2.64. The minimum absolute atomic E-state index is 0.239. The second-order valence-corrected chi connectivity index (χ2v) is 7.16. The van der Waals surface area contributed by atoms with Crippen molar-refractivity contribution in [3.05, 3.63) is 48.0 Å². The van der Waals surface area contributed by atoms with Gasteiger partial charge in [0, 0.05) is 67.4 Å². The van der Waals surface area contributed by atoms with Crippen LogP contribution in [0, 0.1) is 11.8 Å². The van der Waals surface area contributed by atoms with E-state index < -0.39 is 5.60 Å². The third-order valence-corrected chi connectivity index (χ3v) is 5.70. The quantitative estimate of drug-likeness (QED) is 0.918. The molecule has 2 aromatic heterocycles. The van der Waals surface area contributed by atoms with Gasteiger partial charge in [-0.1, -0.05) is 12.5 Å². The molecule has 0 amide bonds. The van der Waals surface area contributed by atoms with Gasteiger partial charge in [0.15, 0.2) is 0 Å².